The number of para-hydroxylation sites is 1. The van der Waals surface area contributed by atoms with Crippen LogP contribution in [-0.4, -0.2) is 5.91 Å². The van der Waals surface area contributed by atoms with Crippen LogP contribution < -0.4 is 5.32 Å². The molecule has 1 amide bonds. The molecule has 3 heteroatoms. The molecule has 2 rings (SSSR count). The Bertz CT molecular complexity index is 554. The summed E-state index contributed by atoms with van der Waals surface area (Å²) in [6.45, 7) is 1.90. The Morgan fingerprint density at radius 2 is 1.74 bits per heavy atom. The maximum Gasteiger partial charge on any atom is 0.231 e. The SMILES string of the molecule is CC(C(=O)Nc1ccccc1CCl)c1ccccc1. The van der Waals surface area contributed by atoms with E-state index in [4.69, 9.17) is 11.6 Å². The largest absolute Gasteiger partial charge is 0.325 e. The standard InChI is InChI=1S/C16H16ClNO/c1-12(13-7-3-2-4-8-13)16(19)18-15-10-6-5-9-14(15)11-17/h2-10,12H,11H2,1H3,(H,18,19). The minimum Gasteiger partial charge on any atom is -0.325 e. The van der Waals surface area contributed by atoms with Gasteiger partial charge in [-0.05, 0) is 24.1 Å². The molecule has 0 saturated carbocycles. The van der Waals surface area contributed by atoms with Crippen LogP contribution in [0.25, 0.3) is 0 Å². The lowest BCUT2D eigenvalue weighted by Gasteiger charge is -2.14. The van der Waals surface area contributed by atoms with Gasteiger partial charge in [-0.15, -0.1) is 11.6 Å². The summed E-state index contributed by atoms with van der Waals surface area (Å²) < 4.78 is 0. The summed E-state index contributed by atoms with van der Waals surface area (Å²) in [5.74, 6) is 0.171. The summed E-state index contributed by atoms with van der Waals surface area (Å²) in [6, 6.07) is 17.3. The highest BCUT2D eigenvalue weighted by Crippen LogP contribution is 2.21. The summed E-state index contributed by atoms with van der Waals surface area (Å²) in [6.07, 6.45) is 0. The Hall–Kier alpha value is -1.80. The van der Waals surface area contributed by atoms with Crippen LogP contribution in [0.4, 0.5) is 5.69 Å². The van der Waals surface area contributed by atoms with Gasteiger partial charge >= 0.3 is 0 Å². The van der Waals surface area contributed by atoms with Gasteiger partial charge in [-0.2, -0.15) is 0 Å². The third-order valence-corrected chi connectivity index (χ3v) is 3.40. The summed E-state index contributed by atoms with van der Waals surface area (Å²) in [4.78, 5) is 12.2. The molecule has 19 heavy (non-hydrogen) atoms. The van der Waals surface area contributed by atoms with Gasteiger partial charge in [-0.3, -0.25) is 4.79 Å². The number of anilines is 1. The Balaban J connectivity index is 2.13. The zero-order valence-electron chi connectivity index (χ0n) is 10.8. The van der Waals surface area contributed by atoms with Crippen molar-refractivity contribution in [1.29, 1.82) is 0 Å². The normalized spacial score (nSPS) is 11.9. The molecule has 0 aromatic heterocycles. The van der Waals surface area contributed by atoms with E-state index in [1.165, 1.54) is 0 Å². The predicted octanol–water partition coefficient (Wildman–Crippen LogP) is 4.17. The second-order valence-corrected chi connectivity index (χ2v) is 4.68. The molecule has 1 unspecified atom stereocenters. The van der Waals surface area contributed by atoms with Crippen LogP contribution in [0, 0.1) is 0 Å². The van der Waals surface area contributed by atoms with Crippen LogP contribution in [0.3, 0.4) is 0 Å². The van der Waals surface area contributed by atoms with Gasteiger partial charge in [0.1, 0.15) is 0 Å². The van der Waals surface area contributed by atoms with Crippen LogP contribution >= 0.6 is 11.6 Å². The molecule has 2 aromatic carbocycles. The average molecular weight is 274 g/mol. The van der Waals surface area contributed by atoms with Crippen molar-refractivity contribution >= 4 is 23.2 Å². The van der Waals surface area contributed by atoms with Crippen LogP contribution in [-0.2, 0) is 10.7 Å². The third kappa shape index (κ3) is 3.36. The smallest absolute Gasteiger partial charge is 0.231 e. The molecule has 2 nitrogen and oxygen atoms in total. The van der Waals surface area contributed by atoms with Crippen molar-refractivity contribution in [3.8, 4) is 0 Å². The zero-order chi connectivity index (χ0) is 13.7. The van der Waals surface area contributed by atoms with E-state index < -0.39 is 0 Å². The lowest BCUT2D eigenvalue weighted by molar-refractivity contribution is -0.117. The lowest BCUT2D eigenvalue weighted by Crippen LogP contribution is -2.19. The molecule has 0 heterocycles. The third-order valence-electron chi connectivity index (χ3n) is 3.11. The molecule has 2 aromatic rings. The van der Waals surface area contributed by atoms with Gasteiger partial charge in [0.15, 0.2) is 0 Å². The van der Waals surface area contributed by atoms with Crippen molar-refractivity contribution < 1.29 is 4.79 Å². The van der Waals surface area contributed by atoms with Gasteiger partial charge in [0.25, 0.3) is 0 Å². The first kappa shape index (κ1) is 13.6. The van der Waals surface area contributed by atoms with E-state index in [1.54, 1.807) is 0 Å². The first-order chi connectivity index (χ1) is 9.22. The molecule has 98 valence electrons. The van der Waals surface area contributed by atoms with Gasteiger partial charge in [-0.25, -0.2) is 0 Å². The topological polar surface area (TPSA) is 29.1 Å². The molecule has 0 aliphatic rings. The Kier molecular flexibility index (Phi) is 4.58. The lowest BCUT2D eigenvalue weighted by atomic mass is 10.0. The highest BCUT2D eigenvalue weighted by molar-refractivity contribution is 6.17. The molecule has 1 N–H and O–H groups in total. The number of hydrogen-bond acceptors (Lipinski definition) is 1. The first-order valence-electron chi connectivity index (χ1n) is 6.22. The predicted molar refractivity (Wildman–Crippen MR) is 79.5 cm³/mol. The van der Waals surface area contributed by atoms with Crippen molar-refractivity contribution in [2.24, 2.45) is 0 Å². The molecule has 0 fully saturated rings. The van der Waals surface area contributed by atoms with Crippen molar-refractivity contribution in [1.82, 2.24) is 0 Å². The summed E-state index contributed by atoms with van der Waals surface area (Å²) >= 11 is 5.86. The minimum absolute atomic E-state index is 0.0243. The zero-order valence-corrected chi connectivity index (χ0v) is 11.5. The molecule has 0 saturated heterocycles. The van der Waals surface area contributed by atoms with Crippen molar-refractivity contribution in [2.75, 3.05) is 5.32 Å². The van der Waals surface area contributed by atoms with Crippen LogP contribution in [0.2, 0.25) is 0 Å². The van der Waals surface area contributed by atoms with Crippen LogP contribution in [0.5, 0.6) is 0 Å². The summed E-state index contributed by atoms with van der Waals surface area (Å²) in [5, 5.41) is 2.94. The second kappa shape index (κ2) is 6.39. The molecule has 0 aliphatic heterocycles. The molecule has 1 atom stereocenters. The number of amides is 1. The molecule has 0 bridgehead atoms. The summed E-state index contributed by atoms with van der Waals surface area (Å²) in [7, 11) is 0. The van der Waals surface area contributed by atoms with E-state index in [2.05, 4.69) is 5.32 Å². The first-order valence-corrected chi connectivity index (χ1v) is 6.75. The Morgan fingerprint density at radius 3 is 2.42 bits per heavy atom. The average Bonchev–Trinajstić information content (AvgIpc) is 2.48. The van der Waals surface area contributed by atoms with Crippen molar-refractivity contribution in [2.45, 2.75) is 18.7 Å². The van der Waals surface area contributed by atoms with Crippen LogP contribution in [0.15, 0.2) is 54.6 Å². The molecule has 0 radical (unpaired) electrons. The number of alkyl halides is 1. The van der Waals surface area contributed by atoms with Gasteiger partial charge in [-0.1, -0.05) is 48.5 Å². The van der Waals surface area contributed by atoms with Crippen LogP contribution in [0.1, 0.15) is 24.0 Å². The molecule has 0 aliphatic carbocycles. The van der Waals surface area contributed by atoms with Gasteiger partial charge in [0, 0.05) is 11.6 Å². The molecular weight excluding hydrogens is 258 g/mol. The van der Waals surface area contributed by atoms with Gasteiger partial charge < -0.3 is 5.32 Å². The van der Waals surface area contributed by atoms with Gasteiger partial charge in [0.05, 0.1) is 5.92 Å². The van der Waals surface area contributed by atoms with E-state index in [9.17, 15) is 4.79 Å². The summed E-state index contributed by atoms with van der Waals surface area (Å²) in [5.41, 5.74) is 2.71. The number of hydrogen-bond donors (Lipinski definition) is 1. The number of benzene rings is 2. The minimum atomic E-state index is -0.190. The van der Waals surface area contributed by atoms with E-state index in [0.717, 1.165) is 16.8 Å². The fourth-order valence-corrected chi connectivity index (χ4v) is 2.13. The van der Waals surface area contributed by atoms with E-state index >= 15 is 0 Å². The fourth-order valence-electron chi connectivity index (χ4n) is 1.89. The maximum absolute atomic E-state index is 12.2. The van der Waals surface area contributed by atoms with Crippen molar-refractivity contribution in [3.63, 3.8) is 0 Å². The monoisotopic (exact) mass is 273 g/mol. The number of carbonyl (C=O) groups is 1. The highest BCUT2D eigenvalue weighted by Gasteiger charge is 2.15. The Labute approximate surface area is 118 Å². The second-order valence-electron chi connectivity index (χ2n) is 4.41. The van der Waals surface area contributed by atoms with Gasteiger partial charge in [0.2, 0.25) is 5.91 Å². The van der Waals surface area contributed by atoms with E-state index in [-0.39, 0.29) is 11.8 Å². The quantitative estimate of drug-likeness (QED) is 0.833. The maximum atomic E-state index is 12.2. The number of halogens is 1. The van der Waals surface area contributed by atoms with Crippen molar-refractivity contribution in [3.05, 3.63) is 65.7 Å². The number of rotatable bonds is 4. The highest BCUT2D eigenvalue weighted by atomic mass is 35.5. The molecular formula is C16H16ClNO. The molecule has 0 spiro atoms. The Morgan fingerprint density at radius 1 is 1.11 bits per heavy atom. The van der Waals surface area contributed by atoms with E-state index in [0.29, 0.717) is 5.88 Å². The fraction of sp³-hybridized carbons (Fsp3) is 0.188. The number of carbonyl (C=O) groups excluding carboxylic acids is 1. The number of nitrogens with one attached hydrogen (secondary N) is 1. The van der Waals surface area contributed by atoms with E-state index in [1.807, 2.05) is 61.5 Å².